The Morgan fingerprint density at radius 2 is 1.86 bits per heavy atom. The number of amides is 1. The zero-order valence-electron chi connectivity index (χ0n) is 16.7. The molecule has 0 bridgehead atoms. The number of carbonyl (C=O) groups is 1. The van der Waals surface area contributed by atoms with Gasteiger partial charge >= 0.3 is 0 Å². The Balaban J connectivity index is 1.39. The molecule has 0 saturated carbocycles. The van der Waals surface area contributed by atoms with Gasteiger partial charge in [0.2, 0.25) is 0 Å². The number of benzene rings is 2. The van der Waals surface area contributed by atoms with E-state index < -0.39 is 5.82 Å². The minimum Gasteiger partial charge on any atom is -0.369 e. The van der Waals surface area contributed by atoms with Crippen LogP contribution >= 0.6 is 0 Å². The molecular formula is C23H27FN4O. The van der Waals surface area contributed by atoms with Gasteiger partial charge in [0.15, 0.2) is 0 Å². The molecular weight excluding hydrogens is 367 g/mol. The lowest BCUT2D eigenvalue weighted by Gasteiger charge is -2.36. The van der Waals surface area contributed by atoms with E-state index in [-0.39, 0.29) is 5.91 Å². The summed E-state index contributed by atoms with van der Waals surface area (Å²) in [6, 6.07) is 12.8. The van der Waals surface area contributed by atoms with E-state index in [1.54, 1.807) is 18.3 Å². The minimum absolute atomic E-state index is 0.296. The predicted octanol–water partition coefficient (Wildman–Crippen LogP) is 4.15. The van der Waals surface area contributed by atoms with Crippen LogP contribution in [0.4, 0.5) is 21.5 Å². The van der Waals surface area contributed by atoms with Crippen LogP contribution in [-0.2, 0) is 4.79 Å². The highest BCUT2D eigenvalue weighted by molar-refractivity contribution is 6.31. The summed E-state index contributed by atoms with van der Waals surface area (Å²) in [6.45, 7) is 7.71. The van der Waals surface area contributed by atoms with Crippen LogP contribution in [0.15, 0.2) is 48.7 Å². The van der Waals surface area contributed by atoms with E-state index in [1.807, 2.05) is 12.1 Å². The largest absolute Gasteiger partial charge is 0.369 e. The van der Waals surface area contributed by atoms with Gasteiger partial charge in [-0.3, -0.25) is 9.69 Å². The molecule has 2 aliphatic rings. The second-order valence-corrected chi connectivity index (χ2v) is 7.55. The van der Waals surface area contributed by atoms with E-state index in [2.05, 4.69) is 39.5 Å². The number of halogens is 1. The number of hydrogen-bond acceptors (Lipinski definition) is 4. The minimum atomic E-state index is -0.401. The molecule has 6 heteroatoms. The van der Waals surface area contributed by atoms with Gasteiger partial charge in [0.1, 0.15) is 5.82 Å². The number of rotatable bonds is 6. The van der Waals surface area contributed by atoms with Crippen molar-refractivity contribution >= 4 is 28.5 Å². The van der Waals surface area contributed by atoms with Gasteiger partial charge in [0.05, 0.1) is 11.3 Å². The molecule has 29 heavy (non-hydrogen) atoms. The van der Waals surface area contributed by atoms with Gasteiger partial charge in [0.25, 0.3) is 5.91 Å². The van der Waals surface area contributed by atoms with Crippen molar-refractivity contribution in [2.45, 2.75) is 19.8 Å². The third-order valence-electron chi connectivity index (χ3n) is 5.59. The quantitative estimate of drug-likeness (QED) is 0.723. The van der Waals surface area contributed by atoms with Crippen LogP contribution in [0.5, 0.6) is 0 Å². The topological polar surface area (TPSA) is 47.6 Å². The van der Waals surface area contributed by atoms with Crippen molar-refractivity contribution in [3.05, 3.63) is 60.0 Å². The van der Waals surface area contributed by atoms with Gasteiger partial charge in [-0.25, -0.2) is 4.39 Å². The van der Waals surface area contributed by atoms with Gasteiger partial charge in [-0.15, -0.1) is 0 Å². The maximum absolute atomic E-state index is 14.1. The first-order valence-electron chi connectivity index (χ1n) is 10.3. The van der Waals surface area contributed by atoms with Crippen molar-refractivity contribution in [3.63, 3.8) is 0 Å². The first kappa shape index (κ1) is 19.5. The maximum Gasteiger partial charge on any atom is 0.257 e. The monoisotopic (exact) mass is 394 g/mol. The zero-order chi connectivity index (χ0) is 20.2. The van der Waals surface area contributed by atoms with Gasteiger partial charge in [-0.1, -0.05) is 19.4 Å². The lowest BCUT2D eigenvalue weighted by Crippen LogP contribution is -2.46. The maximum atomic E-state index is 14.1. The number of anilines is 3. The molecule has 0 spiro atoms. The van der Waals surface area contributed by atoms with Crippen molar-refractivity contribution in [2.75, 3.05) is 48.3 Å². The van der Waals surface area contributed by atoms with Crippen molar-refractivity contribution in [2.24, 2.45) is 0 Å². The molecule has 0 unspecified atom stereocenters. The molecule has 2 N–H and O–H groups in total. The summed E-state index contributed by atoms with van der Waals surface area (Å²) in [5.41, 5.74) is 3.21. The third kappa shape index (κ3) is 4.27. The number of piperazine rings is 1. The predicted molar refractivity (Wildman–Crippen MR) is 117 cm³/mol. The van der Waals surface area contributed by atoms with Crippen LogP contribution in [0, 0.1) is 5.82 Å². The summed E-state index contributed by atoms with van der Waals surface area (Å²) >= 11 is 0. The smallest absolute Gasteiger partial charge is 0.257 e. The molecule has 1 amide bonds. The fourth-order valence-corrected chi connectivity index (χ4v) is 3.88. The van der Waals surface area contributed by atoms with E-state index in [9.17, 15) is 9.18 Å². The van der Waals surface area contributed by atoms with Crippen LogP contribution in [-0.4, -0.2) is 43.5 Å². The zero-order valence-corrected chi connectivity index (χ0v) is 16.7. The normalized spacial score (nSPS) is 18.1. The Bertz CT molecular complexity index is 902. The van der Waals surface area contributed by atoms with Crippen LogP contribution in [0.2, 0.25) is 0 Å². The molecule has 0 atom stereocenters. The van der Waals surface area contributed by atoms with Gasteiger partial charge in [-0.2, -0.15) is 0 Å². The Hall–Kier alpha value is -2.86. The number of unbranched alkanes of at least 4 members (excludes halogenated alkanes) is 1. The average molecular weight is 394 g/mol. The molecule has 1 saturated heterocycles. The summed E-state index contributed by atoms with van der Waals surface area (Å²) in [4.78, 5) is 17.1. The molecule has 5 nitrogen and oxygen atoms in total. The molecule has 2 aromatic carbocycles. The van der Waals surface area contributed by atoms with Crippen molar-refractivity contribution in [1.29, 1.82) is 0 Å². The fourth-order valence-electron chi connectivity index (χ4n) is 3.88. The molecule has 0 aromatic heterocycles. The molecule has 4 rings (SSSR count). The second-order valence-electron chi connectivity index (χ2n) is 7.55. The van der Waals surface area contributed by atoms with E-state index in [0.29, 0.717) is 16.8 Å². The van der Waals surface area contributed by atoms with E-state index in [0.717, 1.165) is 31.9 Å². The summed E-state index contributed by atoms with van der Waals surface area (Å²) in [7, 11) is 0. The van der Waals surface area contributed by atoms with E-state index >= 15 is 0 Å². The van der Waals surface area contributed by atoms with E-state index in [4.69, 9.17) is 0 Å². The highest BCUT2D eigenvalue weighted by Crippen LogP contribution is 2.33. The standard InChI is InChI=1S/C23H27FN4O/c1-2-3-11-27-12-14-28(15-13-27)18-9-7-17(8-10-18)25-16-19-22-20(24)5-4-6-21(22)26-23(19)29/h4-10,16,25H,2-3,11-15H2,1H3,(H,26,29)/b19-16+. The SMILES string of the molecule is CCCCN1CCN(c2ccc(N/C=C3/C(=O)Nc4cccc(F)c43)cc2)CC1. The number of nitrogens with one attached hydrogen (secondary N) is 2. The Labute approximate surface area is 171 Å². The molecule has 2 heterocycles. The Kier molecular flexibility index (Phi) is 5.81. The van der Waals surface area contributed by atoms with Crippen LogP contribution < -0.4 is 15.5 Å². The van der Waals surface area contributed by atoms with Crippen LogP contribution in [0.3, 0.4) is 0 Å². The molecule has 0 aliphatic carbocycles. The van der Waals surface area contributed by atoms with Gasteiger partial charge < -0.3 is 15.5 Å². The number of carbonyl (C=O) groups excluding carboxylic acids is 1. The highest BCUT2D eigenvalue weighted by atomic mass is 19.1. The highest BCUT2D eigenvalue weighted by Gasteiger charge is 2.27. The molecule has 2 aliphatic heterocycles. The number of nitrogens with zero attached hydrogens (tertiary/aromatic N) is 2. The fraction of sp³-hybridized carbons (Fsp3) is 0.348. The molecule has 152 valence electrons. The van der Waals surface area contributed by atoms with Crippen molar-refractivity contribution < 1.29 is 9.18 Å². The first-order chi connectivity index (χ1) is 14.2. The lowest BCUT2D eigenvalue weighted by atomic mass is 10.1. The van der Waals surface area contributed by atoms with Crippen molar-refractivity contribution in [3.8, 4) is 0 Å². The summed E-state index contributed by atoms with van der Waals surface area (Å²) in [6.07, 6.45) is 4.08. The van der Waals surface area contributed by atoms with Crippen molar-refractivity contribution in [1.82, 2.24) is 4.90 Å². The second kappa shape index (κ2) is 8.66. The first-order valence-corrected chi connectivity index (χ1v) is 10.3. The number of hydrogen-bond donors (Lipinski definition) is 2. The van der Waals surface area contributed by atoms with Crippen LogP contribution in [0.25, 0.3) is 5.57 Å². The Morgan fingerprint density at radius 1 is 1.10 bits per heavy atom. The molecule has 0 radical (unpaired) electrons. The van der Waals surface area contributed by atoms with E-state index in [1.165, 1.54) is 31.1 Å². The summed E-state index contributed by atoms with van der Waals surface area (Å²) < 4.78 is 14.1. The van der Waals surface area contributed by atoms with Crippen LogP contribution in [0.1, 0.15) is 25.3 Å². The number of fused-ring (bicyclic) bond motifs is 1. The molecule has 2 aromatic rings. The third-order valence-corrected chi connectivity index (χ3v) is 5.59. The lowest BCUT2D eigenvalue weighted by molar-refractivity contribution is -0.110. The van der Waals surface area contributed by atoms with Gasteiger partial charge in [-0.05, 0) is 49.4 Å². The summed E-state index contributed by atoms with van der Waals surface area (Å²) in [5, 5.41) is 5.82. The van der Waals surface area contributed by atoms with Gasteiger partial charge in [0, 0.05) is 49.3 Å². The molecule has 1 fully saturated rings. The average Bonchev–Trinajstić information content (AvgIpc) is 3.08. The Morgan fingerprint density at radius 3 is 2.59 bits per heavy atom. The summed E-state index contributed by atoms with van der Waals surface area (Å²) in [5.74, 6) is -0.697.